The van der Waals surface area contributed by atoms with Crippen LogP contribution in [0, 0.1) is 5.82 Å². The van der Waals surface area contributed by atoms with Gasteiger partial charge in [-0.1, -0.05) is 12.1 Å². The first-order valence-electron chi connectivity index (χ1n) is 10.6. The molecule has 0 atom stereocenters. The van der Waals surface area contributed by atoms with Gasteiger partial charge in [0.15, 0.2) is 0 Å². The molecule has 0 spiro atoms. The van der Waals surface area contributed by atoms with E-state index in [4.69, 9.17) is 16.3 Å². The topological polar surface area (TPSA) is 87.2 Å². The summed E-state index contributed by atoms with van der Waals surface area (Å²) in [6, 6.07) is 5.77. The number of amides is 2. The fraction of sp³-hybridized carbons (Fsp3) is 0.619. The quantitative estimate of drug-likeness (QED) is 0.439. The fourth-order valence-electron chi connectivity index (χ4n) is 3.70. The van der Waals surface area contributed by atoms with Crippen LogP contribution in [0.5, 0.6) is 0 Å². The Balaban J connectivity index is 2.22. The van der Waals surface area contributed by atoms with Crippen LogP contribution < -0.4 is 0 Å². The first-order chi connectivity index (χ1) is 15.2. The molecule has 1 heterocycles. The molecule has 1 aliphatic heterocycles. The lowest BCUT2D eigenvalue weighted by molar-refractivity contribution is -0.137. The maximum Gasteiger partial charge on any atom is 0.238 e. The van der Waals surface area contributed by atoms with Crippen molar-refractivity contribution in [1.29, 1.82) is 0 Å². The summed E-state index contributed by atoms with van der Waals surface area (Å²) in [6.07, 6.45) is 1.06. The van der Waals surface area contributed by atoms with Crippen LogP contribution in [-0.2, 0) is 30.9 Å². The Morgan fingerprint density at radius 1 is 1.28 bits per heavy atom. The van der Waals surface area contributed by atoms with Gasteiger partial charge in [0.25, 0.3) is 0 Å². The smallest absolute Gasteiger partial charge is 0.238 e. The number of alkyl halides is 1. The van der Waals surface area contributed by atoms with Gasteiger partial charge < -0.3 is 14.5 Å². The number of halogens is 2. The molecule has 8 nitrogen and oxygen atoms in total. The summed E-state index contributed by atoms with van der Waals surface area (Å²) >= 11 is 5.65. The van der Waals surface area contributed by atoms with Crippen molar-refractivity contribution < 1.29 is 27.1 Å². The van der Waals surface area contributed by atoms with Crippen molar-refractivity contribution in [2.75, 3.05) is 51.5 Å². The number of sulfonamides is 1. The van der Waals surface area contributed by atoms with E-state index < -0.39 is 15.8 Å². The number of methoxy groups -OCH3 is 1. The molecule has 1 aliphatic rings. The molecular formula is C21H31ClFN3O5S. The summed E-state index contributed by atoms with van der Waals surface area (Å²) in [4.78, 5) is 28.5. The van der Waals surface area contributed by atoms with Gasteiger partial charge in [0.1, 0.15) is 11.7 Å². The van der Waals surface area contributed by atoms with E-state index >= 15 is 0 Å². The van der Waals surface area contributed by atoms with E-state index in [1.54, 1.807) is 21.9 Å². The lowest BCUT2D eigenvalue weighted by Crippen LogP contribution is -2.51. The highest BCUT2D eigenvalue weighted by Crippen LogP contribution is 2.21. The summed E-state index contributed by atoms with van der Waals surface area (Å²) in [5.41, 5.74) is 0.611. The second-order valence-electron chi connectivity index (χ2n) is 7.62. The number of carbonyl (C=O) groups is 2. The monoisotopic (exact) mass is 491 g/mol. The summed E-state index contributed by atoms with van der Waals surface area (Å²) in [6.45, 7) is 2.47. The molecule has 0 aromatic heterocycles. The minimum absolute atomic E-state index is 0.0644. The zero-order chi connectivity index (χ0) is 23.7. The first-order valence-corrected chi connectivity index (χ1v) is 12.7. The third-order valence-electron chi connectivity index (χ3n) is 5.55. The summed E-state index contributed by atoms with van der Waals surface area (Å²) in [5, 5.41) is 0. The van der Waals surface area contributed by atoms with Crippen LogP contribution in [0.25, 0.3) is 0 Å². The Morgan fingerprint density at radius 2 is 1.97 bits per heavy atom. The van der Waals surface area contributed by atoms with Crippen molar-refractivity contribution in [2.45, 2.75) is 32.4 Å². The summed E-state index contributed by atoms with van der Waals surface area (Å²) < 4.78 is 44.8. The van der Waals surface area contributed by atoms with Gasteiger partial charge in [0.2, 0.25) is 21.8 Å². The van der Waals surface area contributed by atoms with Crippen LogP contribution in [0.3, 0.4) is 0 Å². The predicted octanol–water partition coefficient (Wildman–Crippen LogP) is 1.68. The minimum atomic E-state index is -3.62. The highest BCUT2D eigenvalue weighted by molar-refractivity contribution is 7.89. The summed E-state index contributed by atoms with van der Waals surface area (Å²) in [7, 11) is -2.15. The van der Waals surface area contributed by atoms with Crippen LogP contribution in [0.1, 0.15) is 25.3 Å². The van der Waals surface area contributed by atoms with Crippen molar-refractivity contribution in [1.82, 2.24) is 14.1 Å². The van der Waals surface area contributed by atoms with Crippen LogP contribution in [0.2, 0.25) is 0 Å². The van der Waals surface area contributed by atoms with Crippen molar-refractivity contribution in [2.24, 2.45) is 0 Å². The highest BCUT2D eigenvalue weighted by atomic mass is 35.5. The fourth-order valence-corrected chi connectivity index (χ4v) is 4.89. The average Bonchev–Trinajstić information content (AvgIpc) is 2.79. The van der Waals surface area contributed by atoms with Crippen molar-refractivity contribution in [3.8, 4) is 0 Å². The second kappa shape index (κ2) is 12.5. The second-order valence-corrected chi connectivity index (χ2v) is 10.1. The van der Waals surface area contributed by atoms with E-state index in [2.05, 4.69) is 0 Å². The Labute approximate surface area is 194 Å². The number of likely N-dealkylation sites (tertiary alicyclic amines) is 1. The first kappa shape index (κ1) is 26.5. The Morgan fingerprint density at radius 3 is 2.53 bits per heavy atom. The van der Waals surface area contributed by atoms with Crippen molar-refractivity contribution in [3.05, 3.63) is 35.6 Å². The molecule has 0 N–H and O–H groups in total. The van der Waals surface area contributed by atoms with Gasteiger partial charge in [0.05, 0.1) is 18.9 Å². The Kier molecular flexibility index (Phi) is 10.3. The number of carbonyl (C=O) groups excluding carboxylic acids is 2. The van der Waals surface area contributed by atoms with Gasteiger partial charge in [-0.3, -0.25) is 9.59 Å². The molecular weight excluding hydrogens is 461 g/mol. The lowest BCUT2D eigenvalue weighted by Gasteiger charge is -2.39. The lowest BCUT2D eigenvalue weighted by atomic mass is 10.0. The van der Waals surface area contributed by atoms with E-state index in [0.29, 0.717) is 31.5 Å². The number of benzene rings is 1. The molecule has 0 radical (unpaired) electrons. The molecule has 180 valence electrons. The Hall–Kier alpha value is -1.75. The molecule has 2 rings (SSSR count). The third kappa shape index (κ3) is 7.40. The van der Waals surface area contributed by atoms with Crippen molar-refractivity contribution in [3.63, 3.8) is 0 Å². The molecule has 0 aliphatic carbocycles. The van der Waals surface area contributed by atoms with Crippen molar-refractivity contribution >= 4 is 33.4 Å². The zero-order valence-electron chi connectivity index (χ0n) is 18.5. The van der Waals surface area contributed by atoms with E-state index in [1.165, 1.54) is 26.2 Å². The maximum atomic E-state index is 13.7. The summed E-state index contributed by atoms with van der Waals surface area (Å²) in [5.74, 6) is -1.17. The number of nitrogens with zero attached hydrogens (tertiary/aromatic N) is 3. The number of hydrogen-bond acceptors (Lipinski definition) is 5. The largest absolute Gasteiger partial charge is 0.383 e. The van der Waals surface area contributed by atoms with Crippen LogP contribution >= 0.6 is 11.6 Å². The number of piperidine rings is 1. The standard InChI is InChI=1S/C21H31ClFN3O5S/c1-3-32(29,30)25(11-12-31-2)16-21(28)26(15-17-5-4-6-18(23)13-17)19-7-9-24(10-8-19)20(27)14-22/h4-6,13,19H,3,7-12,14-16H2,1-2H3. The molecule has 1 saturated heterocycles. The van der Waals surface area contributed by atoms with Crippen LogP contribution in [0.4, 0.5) is 4.39 Å². The van der Waals surface area contributed by atoms with Gasteiger partial charge in [0, 0.05) is 39.3 Å². The molecule has 32 heavy (non-hydrogen) atoms. The van der Waals surface area contributed by atoms with E-state index in [0.717, 1.165) is 4.31 Å². The molecule has 1 fully saturated rings. The van der Waals surface area contributed by atoms with Crippen LogP contribution in [0.15, 0.2) is 24.3 Å². The molecule has 1 aromatic rings. The van der Waals surface area contributed by atoms with E-state index in [1.807, 2.05) is 0 Å². The molecule has 0 bridgehead atoms. The van der Waals surface area contributed by atoms with E-state index in [9.17, 15) is 22.4 Å². The minimum Gasteiger partial charge on any atom is -0.383 e. The third-order valence-corrected chi connectivity index (χ3v) is 7.61. The van der Waals surface area contributed by atoms with Gasteiger partial charge in [-0.05, 0) is 37.5 Å². The van der Waals surface area contributed by atoms with Gasteiger partial charge in [-0.15, -0.1) is 11.6 Å². The molecule has 0 unspecified atom stereocenters. The van der Waals surface area contributed by atoms with Gasteiger partial charge >= 0.3 is 0 Å². The number of rotatable bonds is 11. The van der Waals surface area contributed by atoms with Gasteiger partial charge in [-0.25, -0.2) is 12.8 Å². The van der Waals surface area contributed by atoms with Crippen LogP contribution in [-0.4, -0.2) is 91.9 Å². The van der Waals surface area contributed by atoms with Gasteiger partial charge in [-0.2, -0.15) is 4.31 Å². The molecule has 11 heteroatoms. The maximum absolute atomic E-state index is 13.7. The number of hydrogen-bond donors (Lipinski definition) is 0. The average molecular weight is 492 g/mol. The number of ether oxygens (including phenoxy) is 1. The molecule has 2 amide bonds. The normalized spacial score (nSPS) is 15.2. The van der Waals surface area contributed by atoms with E-state index in [-0.39, 0.29) is 55.7 Å². The SMILES string of the molecule is CCS(=O)(=O)N(CCOC)CC(=O)N(Cc1cccc(F)c1)C1CCN(C(=O)CCl)CC1. The molecule has 0 saturated carbocycles. The highest BCUT2D eigenvalue weighted by Gasteiger charge is 2.32. The molecule has 1 aromatic carbocycles. The zero-order valence-corrected chi connectivity index (χ0v) is 20.1. The predicted molar refractivity (Wildman–Crippen MR) is 120 cm³/mol. The Bertz CT molecular complexity index is 878.